The van der Waals surface area contributed by atoms with Crippen molar-refractivity contribution in [1.82, 2.24) is 4.98 Å². The summed E-state index contributed by atoms with van der Waals surface area (Å²) in [5.41, 5.74) is 2.87. The second kappa shape index (κ2) is 11.0. The fourth-order valence-corrected chi connectivity index (χ4v) is 3.97. The van der Waals surface area contributed by atoms with Gasteiger partial charge in [0, 0.05) is 23.0 Å². The molecule has 2 heterocycles. The van der Waals surface area contributed by atoms with Crippen LogP contribution in [0.2, 0.25) is 5.02 Å². The van der Waals surface area contributed by atoms with E-state index in [2.05, 4.69) is 17.1 Å². The van der Waals surface area contributed by atoms with E-state index in [1.54, 1.807) is 23.1 Å². The van der Waals surface area contributed by atoms with Crippen molar-refractivity contribution in [2.24, 2.45) is 0 Å². The first-order valence-electron chi connectivity index (χ1n) is 11.1. The average Bonchev–Trinajstić information content (AvgIpc) is 2.98. The zero-order valence-electron chi connectivity index (χ0n) is 18.0. The Labute approximate surface area is 193 Å². The van der Waals surface area contributed by atoms with Gasteiger partial charge in [-0.15, -0.1) is 0 Å². The second-order valence-electron chi connectivity index (χ2n) is 7.90. The standard InChI is InChI=1S/C26H27ClN2O3/c27-22-11-12-25-23(18-22)29(19-21-9-5-6-10-24(21)32-25)26(30)31-17-7-3-1-2-4-8-20-13-15-28-16-14-20/h5-6,9-16,18H,1-4,7-8,17,19H2. The Morgan fingerprint density at radius 1 is 0.969 bits per heavy atom. The van der Waals surface area contributed by atoms with Gasteiger partial charge in [-0.3, -0.25) is 9.88 Å². The SMILES string of the molecule is O=C(OCCCCCCCc1ccncc1)N1Cc2ccccc2Oc2ccc(Cl)cc21. The first-order valence-corrected chi connectivity index (χ1v) is 11.5. The third-order valence-electron chi connectivity index (χ3n) is 5.54. The van der Waals surface area contributed by atoms with Crippen molar-refractivity contribution in [2.75, 3.05) is 11.5 Å². The second-order valence-corrected chi connectivity index (χ2v) is 8.33. The van der Waals surface area contributed by atoms with Gasteiger partial charge in [0.2, 0.25) is 0 Å². The number of para-hydroxylation sites is 1. The summed E-state index contributed by atoms with van der Waals surface area (Å²) in [7, 11) is 0. The van der Waals surface area contributed by atoms with Gasteiger partial charge in [-0.1, -0.05) is 49.1 Å². The molecule has 2 aromatic carbocycles. The molecule has 166 valence electrons. The van der Waals surface area contributed by atoms with Gasteiger partial charge in [0.15, 0.2) is 5.75 Å². The van der Waals surface area contributed by atoms with E-state index >= 15 is 0 Å². The number of halogens is 1. The number of aryl methyl sites for hydroxylation is 1. The largest absolute Gasteiger partial charge is 0.455 e. The molecule has 1 aliphatic rings. The minimum absolute atomic E-state index is 0.372. The summed E-state index contributed by atoms with van der Waals surface area (Å²) in [6.07, 6.45) is 9.73. The minimum atomic E-state index is -0.383. The average molecular weight is 451 g/mol. The number of ether oxygens (including phenoxy) is 2. The highest BCUT2D eigenvalue weighted by Gasteiger charge is 2.26. The van der Waals surface area contributed by atoms with Crippen LogP contribution in [0, 0.1) is 0 Å². The van der Waals surface area contributed by atoms with Crippen molar-refractivity contribution in [3.05, 3.63) is 83.1 Å². The zero-order valence-corrected chi connectivity index (χ0v) is 18.8. The molecule has 0 radical (unpaired) electrons. The van der Waals surface area contributed by atoms with Crippen molar-refractivity contribution < 1.29 is 14.3 Å². The number of fused-ring (bicyclic) bond motifs is 2. The molecule has 0 unspecified atom stereocenters. The molecule has 5 nitrogen and oxygen atoms in total. The van der Waals surface area contributed by atoms with Crippen LogP contribution in [0.3, 0.4) is 0 Å². The Balaban J connectivity index is 1.26. The fraction of sp³-hybridized carbons (Fsp3) is 0.308. The van der Waals surface area contributed by atoms with Crippen LogP contribution < -0.4 is 9.64 Å². The van der Waals surface area contributed by atoms with Gasteiger partial charge in [0.25, 0.3) is 0 Å². The zero-order chi connectivity index (χ0) is 22.2. The van der Waals surface area contributed by atoms with Gasteiger partial charge in [-0.05, 0) is 61.2 Å². The van der Waals surface area contributed by atoms with Gasteiger partial charge in [0.1, 0.15) is 5.75 Å². The van der Waals surface area contributed by atoms with Crippen LogP contribution in [-0.4, -0.2) is 17.7 Å². The van der Waals surface area contributed by atoms with E-state index < -0.39 is 0 Å². The molecule has 1 amide bonds. The third kappa shape index (κ3) is 5.80. The number of nitrogens with zero attached hydrogens (tertiary/aromatic N) is 2. The lowest BCUT2D eigenvalue weighted by Crippen LogP contribution is -2.30. The third-order valence-corrected chi connectivity index (χ3v) is 5.77. The van der Waals surface area contributed by atoms with Gasteiger partial charge >= 0.3 is 6.09 Å². The summed E-state index contributed by atoms with van der Waals surface area (Å²) < 4.78 is 11.6. The normalized spacial score (nSPS) is 12.3. The number of aromatic nitrogens is 1. The highest BCUT2D eigenvalue weighted by atomic mass is 35.5. The molecule has 0 aliphatic carbocycles. The molecule has 6 heteroatoms. The molecule has 0 fully saturated rings. The van der Waals surface area contributed by atoms with Crippen molar-refractivity contribution in [3.8, 4) is 11.5 Å². The highest BCUT2D eigenvalue weighted by Crippen LogP contribution is 2.40. The number of rotatable bonds is 8. The smallest absolute Gasteiger partial charge is 0.414 e. The molecule has 32 heavy (non-hydrogen) atoms. The molecular formula is C26H27ClN2O3. The van der Waals surface area contributed by atoms with Gasteiger partial charge in [-0.25, -0.2) is 4.79 Å². The molecule has 3 aromatic rings. The lowest BCUT2D eigenvalue weighted by atomic mass is 10.1. The van der Waals surface area contributed by atoms with Crippen molar-refractivity contribution in [3.63, 3.8) is 0 Å². The Morgan fingerprint density at radius 3 is 2.62 bits per heavy atom. The summed E-state index contributed by atoms with van der Waals surface area (Å²) in [6.45, 7) is 0.773. The maximum Gasteiger partial charge on any atom is 0.414 e. The summed E-state index contributed by atoms with van der Waals surface area (Å²) in [5.74, 6) is 1.32. The quantitative estimate of drug-likeness (QED) is 0.341. The van der Waals surface area contributed by atoms with Crippen LogP contribution in [0.25, 0.3) is 0 Å². The van der Waals surface area contributed by atoms with Crippen LogP contribution in [0.4, 0.5) is 10.5 Å². The lowest BCUT2D eigenvalue weighted by Gasteiger charge is -2.21. The highest BCUT2D eigenvalue weighted by molar-refractivity contribution is 6.31. The minimum Gasteiger partial charge on any atom is -0.455 e. The number of hydrogen-bond donors (Lipinski definition) is 0. The Morgan fingerprint density at radius 2 is 1.75 bits per heavy atom. The molecule has 0 bridgehead atoms. The molecule has 0 spiro atoms. The van der Waals surface area contributed by atoms with Crippen LogP contribution in [0.5, 0.6) is 11.5 Å². The molecule has 0 saturated carbocycles. The number of benzene rings is 2. The van der Waals surface area contributed by atoms with E-state index in [1.165, 1.54) is 12.0 Å². The Bertz CT molecular complexity index is 1040. The summed E-state index contributed by atoms with van der Waals surface area (Å²) in [5, 5.41) is 0.544. The van der Waals surface area contributed by atoms with E-state index in [-0.39, 0.29) is 6.09 Å². The lowest BCUT2D eigenvalue weighted by molar-refractivity contribution is 0.150. The van der Waals surface area contributed by atoms with Gasteiger partial charge < -0.3 is 9.47 Å². The first-order chi connectivity index (χ1) is 15.7. The van der Waals surface area contributed by atoms with E-state index in [4.69, 9.17) is 21.1 Å². The number of unbranched alkanes of at least 4 members (excludes halogenated alkanes) is 4. The number of anilines is 1. The molecule has 4 rings (SSSR count). The Hall–Kier alpha value is -3.05. The van der Waals surface area contributed by atoms with E-state index in [1.807, 2.05) is 36.7 Å². The maximum atomic E-state index is 12.9. The molecule has 1 aromatic heterocycles. The monoisotopic (exact) mass is 450 g/mol. The molecular weight excluding hydrogens is 424 g/mol. The number of carbonyl (C=O) groups is 1. The van der Waals surface area contributed by atoms with Crippen molar-refractivity contribution in [1.29, 1.82) is 0 Å². The van der Waals surface area contributed by atoms with E-state index in [9.17, 15) is 4.79 Å². The molecule has 1 aliphatic heterocycles. The van der Waals surface area contributed by atoms with E-state index in [0.717, 1.165) is 43.4 Å². The predicted molar refractivity (Wildman–Crippen MR) is 127 cm³/mol. The summed E-state index contributed by atoms with van der Waals surface area (Å²) in [4.78, 5) is 18.6. The molecule has 0 saturated heterocycles. The van der Waals surface area contributed by atoms with E-state index in [0.29, 0.717) is 29.6 Å². The molecule has 0 atom stereocenters. The summed E-state index contributed by atoms with van der Waals surface area (Å²) >= 11 is 6.20. The predicted octanol–water partition coefficient (Wildman–Crippen LogP) is 7.18. The number of hydrogen-bond acceptors (Lipinski definition) is 4. The molecule has 0 N–H and O–H groups in total. The van der Waals surface area contributed by atoms with Crippen LogP contribution in [0.1, 0.15) is 43.2 Å². The van der Waals surface area contributed by atoms with Crippen LogP contribution in [0.15, 0.2) is 67.0 Å². The van der Waals surface area contributed by atoms with Crippen molar-refractivity contribution in [2.45, 2.75) is 45.1 Å². The fourth-order valence-electron chi connectivity index (χ4n) is 3.81. The number of carbonyl (C=O) groups excluding carboxylic acids is 1. The Kier molecular flexibility index (Phi) is 7.62. The topological polar surface area (TPSA) is 51.7 Å². The van der Waals surface area contributed by atoms with Crippen LogP contribution >= 0.6 is 11.6 Å². The van der Waals surface area contributed by atoms with Gasteiger partial charge in [0.05, 0.1) is 18.8 Å². The van der Waals surface area contributed by atoms with Crippen molar-refractivity contribution >= 4 is 23.4 Å². The number of amides is 1. The first kappa shape index (κ1) is 22.2. The number of pyridine rings is 1. The van der Waals surface area contributed by atoms with Crippen LogP contribution in [-0.2, 0) is 17.7 Å². The van der Waals surface area contributed by atoms with Gasteiger partial charge in [-0.2, -0.15) is 0 Å². The maximum absolute atomic E-state index is 12.9. The summed E-state index contributed by atoms with van der Waals surface area (Å²) in [6, 6.07) is 17.1.